The molecule has 8 nitrogen and oxygen atoms in total. The van der Waals surface area contributed by atoms with Gasteiger partial charge in [-0.1, -0.05) is 35.0 Å². The Morgan fingerprint density at radius 1 is 1.19 bits per heavy atom. The van der Waals surface area contributed by atoms with Gasteiger partial charge in [-0.2, -0.15) is 0 Å². The van der Waals surface area contributed by atoms with Gasteiger partial charge in [-0.15, -0.1) is 5.10 Å². The zero-order valence-electron chi connectivity index (χ0n) is 17.7. The number of carbonyl (C=O) groups excluding carboxylic acids is 2. The second kappa shape index (κ2) is 9.82. The van der Waals surface area contributed by atoms with Crippen molar-refractivity contribution in [2.45, 2.75) is 32.2 Å². The molecule has 0 bridgehead atoms. The lowest BCUT2D eigenvalue weighted by Gasteiger charge is -2.08. The normalized spacial score (nSPS) is 12.9. The molecule has 3 aromatic rings. The van der Waals surface area contributed by atoms with Crippen LogP contribution in [0.5, 0.6) is 5.75 Å². The highest BCUT2D eigenvalue weighted by Gasteiger charge is 2.23. The maximum atomic E-state index is 12.5. The van der Waals surface area contributed by atoms with Crippen molar-refractivity contribution in [1.82, 2.24) is 25.6 Å². The molecule has 32 heavy (non-hydrogen) atoms. The van der Waals surface area contributed by atoms with Crippen molar-refractivity contribution in [3.63, 3.8) is 0 Å². The monoisotopic (exact) mass is 453 g/mol. The average molecular weight is 454 g/mol. The van der Waals surface area contributed by atoms with Crippen molar-refractivity contribution in [2.24, 2.45) is 0 Å². The fourth-order valence-electron chi connectivity index (χ4n) is 3.19. The van der Waals surface area contributed by atoms with E-state index in [2.05, 4.69) is 20.9 Å². The van der Waals surface area contributed by atoms with Crippen LogP contribution in [0.4, 0.5) is 0 Å². The number of nitrogens with one attached hydrogen (secondary N) is 2. The topological polar surface area (TPSA) is 98.1 Å². The van der Waals surface area contributed by atoms with Crippen LogP contribution in [-0.4, -0.2) is 46.0 Å². The Morgan fingerprint density at radius 3 is 2.69 bits per heavy atom. The van der Waals surface area contributed by atoms with Crippen LogP contribution >= 0.6 is 11.6 Å². The van der Waals surface area contributed by atoms with Gasteiger partial charge in [0.05, 0.1) is 11.4 Å². The molecule has 1 saturated carbocycles. The predicted molar refractivity (Wildman–Crippen MR) is 120 cm³/mol. The summed E-state index contributed by atoms with van der Waals surface area (Å²) in [6, 6.07) is 15.0. The van der Waals surface area contributed by atoms with Gasteiger partial charge in [0.15, 0.2) is 12.3 Å². The smallest absolute Gasteiger partial charge is 0.273 e. The number of amides is 2. The number of benzene rings is 2. The maximum absolute atomic E-state index is 12.5. The van der Waals surface area contributed by atoms with Gasteiger partial charge in [-0.25, -0.2) is 4.68 Å². The first-order valence-electron chi connectivity index (χ1n) is 10.5. The van der Waals surface area contributed by atoms with Crippen molar-refractivity contribution in [3.05, 3.63) is 70.5 Å². The van der Waals surface area contributed by atoms with Crippen LogP contribution in [0, 0.1) is 6.92 Å². The molecule has 1 aliphatic rings. The molecule has 4 rings (SSSR count). The van der Waals surface area contributed by atoms with Crippen LogP contribution in [0.2, 0.25) is 5.02 Å². The molecule has 0 aliphatic heterocycles. The zero-order chi connectivity index (χ0) is 22.5. The van der Waals surface area contributed by atoms with Crippen LogP contribution in [0.3, 0.4) is 0 Å². The van der Waals surface area contributed by atoms with Gasteiger partial charge in [0.2, 0.25) is 0 Å². The third kappa shape index (κ3) is 5.64. The number of aromatic nitrogens is 3. The van der Waals surface area contributed by atoms with Crippen molar-refractivity contribution >= 4 is 23.4 Å². The lowest BCUT2D eigenvalue weighted by molar-refractivity contribution is -0.123. The van der Waals surface area contributed by atoms with E-state index < -0.39 is 0 Å². The Labute approximate surface area is 190 Å². The zero-order valence-corrected chi connectivity index (χ0v) is 18.4. The first-order valence-corrected chi connectivity index (χ1v) is 10.8. The molecule has 1 aliphatic carbocycles. The van der Waals surface area contributed by atoms with Gasteiger partial charge in [-0.3, -0.25) is 9.59 Å². The lowest BCUT2D eigenvalue weighted by Crippen LogP contribution is -2.30. The van der Waals surface area contributed by atoms with E-state index in [-0.39, 0.29) is 24.1 Å². The number of carbonyl (C=O) groups is 2. The first kappa shape index (κ1) is 21.8. The predicted octanol–water partition coefficient (Wildman–Crippen LogP) is 2.86. The Bertz CT molecular complexity index is 1110. The molecule has 0 saturated heterocycles. The average Bonchev–Trinajstić information content (AvgIpc) is 3.51. The highest BCUT2D eigenvalue weighted by molar-refractivity contribution is 6.30. The van der Waals surface area contributed by atoms with Crippen LogP contribution in [-0.2, 0) is 11.2 Å². The van der Waals surface area contributed by atoms with Gasteiger partial charge in [0.1, 0.15) is 5.75 Å². The molecule has 9 heteroatoms. The van der Waals surface area contributed by atoms with E-state index in [1.165, 1.54) is 0 Å². The summed E-state index contributed by atoms with van der Waals surface area (Å²) in [5, 5.41) is 14.4. The third-order valence-corrected chi connectivity index (χ3v) is 5.33. The van der Waals surface area contributed by atoms with E-state index in [4.69, 9.17) is 16.3 Å². The van der Waals surface area contributed by atoms with E-state index >= 15 is 0 Å². The number of hydrogen-bond donors (Lipinski definition) is 2. The maximum Gasteiger partial charge on any atom is 0.273 e. The fraction of sp³-hybridized carbons (Fsp3) is 0.304. The molecule has 2 aromatic carbocycles. The van der Waals surface area contributed by atoms with E-state index in [0.717, 1.165) is 24.1 Å². The van der Waals surface area contributed by atoms with Gasteiger partial charge in [0.25, 0.3) is 11.8 Å². The molecule has 1 heterocycles. The first-order chi connectivity index (χ1) is 15.5. The van der Waals surface area contributed by atoms with E-state index in [0.29, 0.717) is 35.5 Å². The minimum Gasteiger partial charge on any atom is -0.484 e. The van der Waals surface area contributed by atoms with Crippen LogP contribution in [0.1, 0.15) is 34.6 Å². The summed E-state index contributed by atoms with van der Waals surface area (Å²) in [6.07, 6.45) is 2.75. The second-order valence-electron chi connectivity index (χ2n) is 7.70. The molecule has 1 aromatic heterocycles. The Balaban J connectivity index is 1.25. The van der Waals surface area contributed by atoms with Gasteiger partial charge >= 0.3 is 0 Å². The SMILES string of the molecule is Cc1c(C(=O)NCCc2ccc(OCC(=O)NC3CC3)cc2)nnn1-c1cccc(Cl)c1. The molecular weight excluding hydrogens is 430 g/mol. The summed E-state index contributed by atoms with van der Waals surface area (Å²) in [7, 11) is 0. The minimum absolute atomic E-state index is 0.0150. The van der Waals surface area contributed by atoms with Crippen LogP contribution in [0.25, 0.3) is 5.69 Å². The number of halogens is 1. The van der Waals surface area contributed by atoms with Crippen LogP contribution < -0.4 is 15.4 Å². The number of nitrogens with zero attached hydrogens (tertiary/aromatic N) is 3. The van der Waals surface area contributed by atoms with E-state index in [1.54, 1.807) is 23.7 Å². The summed E-state index contributed by atoms with van der Waals surface area (Å²) in [5.41, 5.74) is 2.70. The summed E-state index contributed by atoms with van der Waals surface area (Å²) >= 11 is 6.04. The fourth-order valence-corrected chi connectivity index (χ4v) is 3.38. The molecule has 0 radical (unpaired) electrons. The number of rotatable bonds is 9. The van der Waals surface area contributed by atoms with E-state index in [9.17, 15) is 9.59 Å². The molecule has 2 amide bonds. The highest BCUT2D eigenvalue weighted by atomic mass is 35.5. The summed E-state index contributed by atoms with van der Waals surface area (Å²) in [6.45, 7) is 2.26. The van der Waals surface area contributed by atoms with Gasteiger partial charge in [0, 0.05) is 17.6 Å². The Kier molecular flexibility index (Phi) is 6.70. The molecule has 0 atom stereocenters. The Hall–Kier alpha value is -3.39. The van der Waals surface area contributed by atoms with Crippen molar-refractivity contribution in [3.8, 4) is 11.4 Å². The van der Waals surface area contributed by atoms with Gasteiger partial charge < -0.3 is 15.4 Å². The molecular formula is C23H24ClN5O3. The van der Waals surface area contributed by atoms with E-state index in [1.807, 2.05) is 36.4 Å². The van der Waals surface area contributed by atoms with Crippen LogP contribution in [0.15, 0.2) is 48.5 Å². The van der Waals surface area contributed by atoms with Crippen molar-refractivity contribution in [2.75, 3.05) is 13.2 Å². The highest BCUT2D eigenvalue weighted by Crippen LogP contribution is 2.19. The van der Waals surface area contributed by atoms with Crippen molar-refractivity contribution < 1.29 is 14.3 Å². The largest absolute Gasteiger partial charge is 0.484 e. The number of ether oxygens (including phenoxy) is 1. The summed E-state index contributed by atoms with van der Waals surface area (Å²) in [4.78, 5) is 24.2. The molecule has 2 N–H and O–H groups in total. The molecule has 0 spiro atoms. The Morgan fingerprint density at radius 2 is 1.97 bits per heavy atom. The summed E-state index contributed by atoms with van der Waals surface area (Å²) in [5.74, 6) is 0.260. The quantitative estimate of drug-likeness (QED) is 0.519. The molecule has 0 unspecified atom stereocenters. The minimum atomic E-state index is -0.280. The number of hydrogen-bond acceptors (Lipinski definition) is 5. The van der Waals surface area contributed by atoms with Crippen molar-refractivity contribution in [1.29, 1.82) is 0 Å². The van der Waals surface area contributed by atoms with Gasteiger partial charge in [-0.05, 0) is 62.1 Å². The lowest BCUT2D eigenvalue weighted by atomic mass is 10.1. The standard InChI is InChI=1S/C23H24ClN5O3/c1-15-22(27-28-29(15)19-4-2-3-17(24)13-19)23(31)25-12-11-16-5-9-20(10-6-16)32-14-21(30)26-18-7-8-18/h2-6,9-10,13,18H,7-8,11-12,14H2,1H3,(H,25,31)(H,26,30). The second-order valence-corrected chi connectivity index (χ2v) is 8.13. The summed E-state index contributed by atoms with van der Waals surface area (Å²) < 4.78 is 7.09. The third-order valence-electron chi connectivity index (χ3n) is 5.10. The molecule has 166 valence electrons. The molecule has 1 fully saturated rings.